The number of aromatic nitrogens is 1. The minimum Gasteiger partial charge on any atom is -0.444 e. The highest BCUT2D eigenvalue weighted by Gasteiger charge is 2.27. The largest absolute Gasteiger partial charge is 0.444 e. The van der Waals surface area contributed by atoms with Crippen molar-refractivity contribution < 1.29 is 13.9 Å². The molecule has 1 aromatic heterocycles. The van der Waals surface area contributed by atoms with Crippen LogP contribution in [-0.2, 0) is 4.74 Å². The number of halogens is 1. The number of nitrogens with zero attached hydrogens (tertiary/aromatic N) is 1. The molecule has 0 radical (unpaired) electrons. The number of rotatable bonds is 0. The van der Waals surface area contributed by atoms with Gasteiger partial charge in [-0.3, -0.25) is 4.79 Å². The second kappa shape index (κ2) is 7.82. The average molecular weight is 313 g/mol. The third kappa shape index (κ3) is 6.60. The van der Waals surface area contributed by atoms with Crippen molar-refractivity contribution in [2.24, 2.45) is 0 Å². The van der Waals surface area contributed by atoms with Crippen LogP contribution in [0.4, 0.5) is 14.9 Å². The van der Waals surface area contributed by atoms with Gasteiger partial charge in [0.25, 0.3) is 5.56 Å². The van der Waals surface area contributed by atoms with Crippen LogP contribution >= 0.6 is 0 Å². The summed E-state index contributed by atoms with van der Waals surface area (Å²) in [4.78, 5) is 25.8. The van der Waals surface area contributed by atoms with E-state index in [1.807, 2.05) is 20.8 Å². The number of carbonyl (C=O) groups is 1. The maximum atomic E-state index is 13.0. The monoisotopic (exact) mass is 313 g/mol. The van der Waals surface area contributed by atoms with Gasteiger partial charge < -0.3 is 20.4 Å². The van der Waals surface area contributed by atoms with Gasteiger partial charge >= 0.3 is 6.09 Å². The Kier molecular flexibility index (Phi) is 6.39. The van der Waals surface area contributed by atoms with Gasteiger partial charge in [0, 0.05) is 12.7 Å². The second-order valence-corrected chi connectivity index (χ2v) is 6.12. The number of nitrogens with one attached hydrogen (secondary N) is 1. The summed E-state index contributed by atoms with van der Waals surface area (Å²) < 4.78 is 18.1. The van der Waals surface area contributed by atoms with E-state index in [1.54, 1.807) is 18.3 Å². The van der Waals surface area contributed by atoms with Gasteiger partial charge in [-0.2, -0.15) is 0 Å². The van der Waals surface area contributed by atoms with E-state index in [2.05, 4.69) is 4.98 Å². The second-order valence-electron chi connectivity index (χ2n) is 6.12. The SMILES string of the molecule is CC(C)(C)OC(=O)N1CCCC(F)C1.Nc1ccc[nH]c1=O. The van der Waals surface area contributed by atoms with Gasteiger partial charge in [-0.25, -0.2) is 9.18 Å². The van der Waals surface area contributed by atoms with Crippen LogP contribution in [0.5, 0.6) is 0 Å². The molecule has 1 fully saturated rings. The average Bonchev–Trinajstić information content (AvgIpc) is 2.41. The fourth-order valence-electron chi connectivity index (χ4n) is 1.85. The summed E-state index contributed by atoms with van der Waals surface area (Å²) in [5.41, 5.74) is 4.70. The molecule has 0 aliphatic carbocycles. The van der Waals surface area contributed by atoms with Crippen LogP contribution in [0.1, 0.15) is 33.6 Å². The number of anilines is 1. The Balaban J connectivity index is 0.000000255. The molecular formula is C15H24FN3O3. The number of likely N-dealkylation sites (tertiary alicyclic amines) is 1. The zero-order chi connectivity index (χ0) is 16.8. The van der Waals surface area contributed by atoms with Crippen molar-refractivity contribution in [2.75, 3.05) is 18.8 Å². The van der Waals surface area contributed by atoms with Crippen LogP contribution in [0.3, 0.4) is 0 Å². The molecule has 2 heterocycles. The summed E-state index contributed by atoms with van der Waals surface area (Å²) in [6.07, 6.45) is 1.52. The number of H-pyrrole nitrogens is 1. The normalized spacial score (nSPS) is 18.2. The summed E-state index contributed by atoms with van der Waals surface area (Å²) in [6.45, 7) is 6.20. The molecule has 1 amide bonds. The topological polar surface area (TPSA) is 88.4 Å². The van der Waals surface area contributed by atoms with E-state index in [4.69, 9.17) is 10.5 Å². The van der Waals surface area contributed by atoms with Crippen LogP contribution in [0, 0.1) is 0 Å². The molecule has 1 aromatic rings. The lowest BCUT2D eigenvalue weighted by molar-refractivity contribution is 0.0139. The lowest BCUT2D eigenvalue weighted by Gasteiger charge is -2.31. The molecule has 0 saturated carbocycles. The number of nitrogen functional groups attached to an aromatic ring is 1. The zero-order valence-corrected chi connectivity index (χ0v) is 13.3. The predicted octanol–water partition coefficient (Wildman–Crippen LogP) is 2.31. The van der Waals surface area contributed by atoms with Crippen LogP contribution < -0.4 is 11.3 Å². The molecule has 7 heteroatoms. The summed E-state index contributed by atoms with van der Waals surface area (Å²) in [5, 5.41) is 0. The number of hydrogen-bond acceptors (Lipinski definition) is 4. The van der Waals surface area contributed by atoms with Crippen LogP contribution in [0.15, 0.2) is 23.1 Å². The van der Waals surface area contributed by atoms with E-state index in [-0.39, 0.29) is 17.8 Å². The zero-order valence-electron chi connectivity index (χ0n) is 13.3. The number of aromatic amines is 1. The standard InChI is InChI=1S/C10H18FNO2.C5H6N2O/c1-10(2,3)14-9(13)12-6-4-5-8(11)7-12;6-4-2-1-3-7-5(4)8/h8H,4-7H2,1-3H3;1-3H,6H2,(H,7,8). The van der Waals surface area contributed by atoms with E-state index in [1.165, 1.54) is 4.90 Å². The van der Waals surface area contributed by atoms with E-state index < -0.39 is 17.9 Å². The van der Waals surface area contributed by atoms with E-state index in [0.717, 1.165) is 6.42 Å². The molecular weight excluding hydrogens is 289 g/mol. The molecule has 3 N–H and O–H groups in total. The fraction of sp³-hybridized carbons (Fsp3) is 0.600. The molecule has 124 valence electrons. The molecule has 2 rings (SSSR count). The Labute approximate surface area is 129 Å². The molecule has 6 nitrogen and oxygen atoms in total. The minimum absolute atomic E-state index is 0.176. The first-order chi connectivity index (χ1) is 10.2. The maximum absolute atomic E-state index is 13.0. The summed E-state index contributed by atoms with van der Waals surface area (Å²) >= 11 is 0. The molecule has 0 bridgehead atoms. The number of amides is 1. The maximum Gasteiger partial charge on any atom is 0.410 e. The first-order valence-electron chi connectivity index (χ1n) is 7.24. The van der Waals surface area contributed by atoms with Crippen LogP contribution in [0.25, 0.3) is 0 Å². The molecule has 1 aliphatic rings. The number of hydrogen-bond donors (Lipinski definition) is 2. The van der Waals surface area contributed by atoms with Crippen LogP contribution in [-0.4, -0.2) is 40.8 Å². The van der Waals surface area contributed by atoms with Crippen molar-refractivity contribution in [1.82, 2.24) is 9.88 Å². The summed E-state index contributed by atoms with van der Waals surface area (Å²) in [5.74, 6) is 0. The Hall–Kier alpha value is -2.05. The summed E-state index contributed by atoms with van der Waals surface area (Å²) in [7, 11) is 0. The van der Waals surface area contributed by atoms with Crippen molar-refractivity contribution in [2.45, 2.75) is 45.4 Å². The Bertz CT molecular complexity index is 539. The molecule has 1 atom stereocenters. The first-order valence-corrected chi connectivity index (χ1v) is 7.24. The molecule has 1 aliphatic heterocycles. The van der Waals surface area contributed by atoms with E-state index in [0.29, 0.717) is 13.0 Å². The van der Waals surface area contributed by atoms with Gasteiger partial charge in [-0.15, -0.1) is 0 Å². The molecule has 1 unspecified atom stereocenters. The third-order valence-corrected chi connectivity index (χ3v) is 2.86. The first kappa shape index (κ1) is 18.0. The minimum atomic E-state index is -0.892. The smallest absolute Gasteiger partial charge is 0.410 e. The predicted molar refractivity (Wildman–Crippen MR) is 83.4 cm³/mol. The lowest BCUT2D eigenvalue weighted by Crippen LogP contribution is -2.43. The highest BCUT2D eigenvalue weighted by atomic mass is 19.1. The van der Waals surface area contributed by atoms with Crippen molar-refractivity contribution in [1.29, 1.82) is 0 Å². The number of alkyl halides is 1. The molecule has 22 heavy (non-hydrogen) atoms. The quantitative estimate of drug-likeness (QED) is 0.769. The molecule has 0 aromatic carbocycles. The van der Waals surface area contributed by atoms with Gasteiger partial charge in [0.2, 0.25) is 0 Å². The number of piperidine rings is 1. The molecule has 1 saturated heterocycles. The number of pyridine rings is 1. The van der Waals surface area contributed by atoms with Gasteiger partial charge in [0.15, 0.2) is 0 Å². The lowest BCUT2D eigenvalue weighted by atomic mass is 10.1. The fourth-order valence-corrected chi connectivity index (χ4v) is 1.85. The van der Waals surface area contributed by atoms with Crippen molar-refractivity contribution in [3.05, 3.63) is 28.7 Å². The van der Waals surface area contributed by atoms with Gasteiger partial charge in [-0.05, 0) is 45.7 Å². The Morgan fingerprint density at radius 3 is 2.64 bits per heavy atom. The third-order valence-electron chi connectivity index (χ3n) is 2.86. The number of ether oxygens (including phenoxy) is 1. The van der Waals surface area contributed by atoms with Gasteiger partial charge in [0.05, 0.1) is 12.2 Å². The van der Waals surface area contributed by atoms with Crippen molar-refractivity contribution in [3.8, 4) is 0 Å². The molecule has 0 spiro atoms. The Morgan fingerprint density at radius 2 is 2.18 bits per heavy atom. The van der Waals surface area contributed by atoms with Gasteiger partial charge in [-0.1, -0.05) is 0 Å². The number of nitrogens with two attached hydrogens (primary N) is 1. The van der Waals surface area contributed by atoms with E-state index in [9.17, 15) is 14.0 Å². The van der Waals surface area contributed by atoms with Crippen LogP contribution in [0.2, 0.25) is 0 Å². The van der Waals surface area contributed by atoms with E-state index >= 15 is 0 Å². The number of carbonyl (C=O) groups excluding carboxylic acids is 1. The van der Waals surface area contributed by atoms with Crippen molar-refractivity contribution >= 4 is 11.8 Å². The highest BCUT2D eigenvalue weighted by Crippen LogP contribution is 2.16. The Morgan fingerprint density at radius 1 is 1.50 bits per heavy atom. The van der Waals surface area contributed by atoms with Gasteiger partial charge in [0.1, 0.15) is 11.8 Å². The van der Waals surface area contributed by atoms with Crippen molar-refractivity contribution in [3.63, 3.8) is 0 Å². The highest BCUT2D eigenvalue weighted by molar-refractivity contribution is 5.68. The summed E-state index contributed by atoms with van der Waals surface area (Å²) in [6, 6.07) is 3.23.